The molecule has 2 aliphatic heterocycles. The van der Waals surface area contributed by atoms with Gasteiger partial charge in [-0.1, -0.05) is 12.5 Å². The van der Waals surface area contributed by atoms with Crippen molar-refractivity contribution in [2.24, 2.45) is 11.8 Å². The van der Waals surface area contributed by atoms with Crippen LogP contribution in [0.15, 0.2) is 47.5 Å². The lowest BCUT2D eigenvalue weighted by Gasteiger charge is -2.36. The van der Waals surface area contributed by atoms with E-state index in [1.807, 2.05) is 17.0 Å². The molecule has 1 saturated carbocycles. The summed E-state index contributed by atoms with van der Waals surface area (Å²) < 4.78 is 11.2. The van der Waals surface area contributed by atoms with Gasteiger partial charge in [-0.2, -0.15) is 0 Å². The zero-order chi connectivity index (χ0) is 30.5. The average molecular weight is 602 g/mol. The van der Waals surface area contributed by atoms with Crippen molar-refractivity contribution in [3.63, 3.8) is 0 Å². The molecule has 1 aliphatic carbocycles. The smallest absolute Gasteiger partial charge is 0.251 e. The number of ether oxygens (including phenoxy) is 1. The van der Waals surface area contributed by atoms with Crippen LogP contribution in [0.2, 0.25) is 0 Å². The largest absolute Gasteiger partial charge is 0.485 e. The summed E-state index contributed by atoms with van der Waals surface area (Å²) in [6.45, 7) is 6.29. The van der Waals surface area contributed by atoms with Crippen LogP contribution < -0.4 is 10.1 Å². The minimum Gasteiger partial charge on any atom is -0.485 e. The number of hydrogen-bond donors (Lipinski definition) is 2. The van der Waals surface area contributed by atoms with E-state index in [0.29, 0.717) is 36.3 Å². The molecule has 3 aliphatic rings. The van der Waals surface area contributed by atoms with Gasteiger partial charge in [0.05, 0.1) is 12.3 Å². The number of pyridine rings is 1. The number of fused-ring (bicyclic) bond motifs is 1. The Morgan fingerprint density at radius 1 is 1.16 bits per heavy atom. The molecular weight excluding hydrogens is 558 g/mol. The third kappa shape index (κ3) is 7.30. The van der Waals surface area contributed by atoms with E-state index < -0.39 is 6.10 Å². The quantitative estimate of drug-likeness (QED) is 0.342. The van der Waals surface area contributed by atoms with Gasteiger partial charge in [0.15, 0.2) is 12.2 Å². The second-order valence-electron chi connectivity index (χ2n) is 12.6. The number of carbonyl (C=O) groups is 2. The fraction of sp³-hybridized carbons (Fsp3) is 0.529. The fourth-order valence-electron chi connectivity index (χ4n) is 6.62. The van der Waals surface area contributed by atoms with Gasteiger partial charge in [0.25, 0.3) is 5.91 Å². The normalized spacial score (nSPS) is 18.4. The predicted octanol–water partition coefficient (Wildman–Crippen LogP) is 3.69. The number of nitrogens with one attached hydrogen (secondary N) is 1. The Morgan fingerprint density at radius 3 is 2.75 bits per heavy atom. The number of likely N-dealkylation sites (tertiary alicyclic amines) is 1. The molecule has 10 heteroatoms. The number of nitrogens with zero attached hydrogens (tertiary/aromatic N) is 4. The Balaban J connectivity index is 0.938. The highest BCUT2D eigenvalue weighted by Gasteiger charge is 2.32. The maximum Gasteiger partial charge on any atom is 0.251 e. The van der Waals surface area contributed by atoms with E-state index in [-0.39, 0.29) is 18.4 Å². The summed E-state index contributed by atoms with van der Waals surface area (Å²) >= 11 is 0. The van der Waals surface area contributed by atoms with Crippen molar-refractivity contribution in [2.75, 3.05) is 32.7 Å². The molecule has 10 nitrogen and oxygen atoms in total. The third-order valence-corrected chi connectivity index (χ3v) is 9.50. The van der Waals surface area contributed by atoms with Gasteiger partial charge >= 0.3 is 0 Å². The van der Waals surface area contributed by atoms with Gasteiger partial charge in [0, 0.05) is 62.6 Å². The van der Waals surface area contributed by atoms with Crippen molar-refractivity contribution >= 4 is 11.8 Å². The molecule has 0 radical (unpaired) electrons. The maximum atomic E-state index is 12.9. The highest BCUT2D eigenvalue weighted by atomic mass is 16.5. The van der Waals surface area contributed by atoms with Gasteiger partial charge in [0.1, 0.15) is 12.4 Å². The van der Waals surface area contributed by atoms with Gasteiger partial charge in [-0.25, -0.2) is 4.98 Å². The molecule has 0 spiro atoms. The van der Waals surface area contributed by atoms with E-state index in [1.165, 1.54) is 23.9 Å². The first-order valence-corrected chi connectivity index (χ1v) is 16.0. The number of aliphatic hydroxyl groups is 1. The number of benzene rings is 1. The first kappa shape index (κ1) is 30.3. The summed E-state index contributed by atoms with van der Waals surface area (Å²) in [5.41, 5.74) is 5.12. The molecule has 1 saturated heterocycles. The molecule has 1 atom stereocenters. The van der Waals surface area contributed by atoms with Crippen LogP contribution in [0.3, 0.4) is 0 Å². The van der Waals surface area contributed by atoms with E-state index in [0.717, 1.165) is 81.7 Å². The third-order valence-electron chi connectivity index (χ3n) is 9.50. The second kappa shape index (κ2) is 13.9. The molecule has 2 N–H and O–H groups in total. The van der Waals surface area contributed by atoms with Gasteiger partial charge in [-0.15, -0.1) is 0 Å². The molecule has 3 aromatic rings. The van der Waals surface area contributed by atoms with Crippen molar-refractivity contribution in [3.05, 3.63) is 76.8 Å². The molecule has 2 aromatic heterocycles. The SMILES string of the molecule is Cc1c(OCc2cnco2)ccc2c1CCN(C[C@@H](O)CNC(=O)c1ccnc(CC3CCN(C(=O)C4CCC4)CC3)c1)C2. The van der Waals surface area contributed by atoms with Gasteiger partial charge in [-0.3, -0.25) is 19.5 Å². The number of piperidine rings is 1. The maximum absolute atomic E-state index is 12.9. The Hall–Kier alpha value is -3.76. The van der Waals surface area contributed by atoms with Crippen molar-refractivity contribution in [1.82, 2.24) is 25.1 Å². The van der Waals surface area contributed by atoms with Crippen LogP contribution in [0.25, 0.3) is 0 Å². The highest BCUT2D eigenvalue weighted by molar-refractivity contribution is 5.94. The highest BCUT2D eigenvalue weighted by Crippen LogP contribution is 2.31. The van der Waals surface area contributed by atoms with Crippen LogP contribution in [-0.2, 0) is 30.8 Å². The summed E-state index contributed by atoms with van der Waals surface area (Å²) in [6, 6.07) is 7.67. The van der Waals surface area contributed by atoms with Crippen molar-refractivity contribution in [2.45, 2.75) is 71.1 Å². The minimum absolute atomic E-state index is 0.181. The van der Waals surface area contributed by atoms with Crippen LogP contribution in [0.5, 0.6) is 5.75 Å². The van der Waals surface area contributed by atoms with E-state index in [9.17, 15) is 14.7 Å². The summed E-state index contributed by atoms with van der Waals surface area (Å²) in [5.74, 6) is 2.39. The number of oxazole rings is 1. The van der Waals surface area contributed by atoms with E-state index in [1.54, 1.807) is 18.5 Å². The van der Waals surface area contributed by atoms with Crippen LogP contribution in [0.1, 0.15) is 70.6 Å². The number of rotatable bonds is 11. The Morgan fingerprint density at radius 2 is 2.00 bits per heavy atom. The minimum atomic E-state index is -0.680. The van der Waals surface area contributed by atoms with Crippen LogP contribution in [0.4, 0.5) is 0 Å². The first-order chi connectivity index (χ1) is 21.4. The Labute approximate surface area is 258 Å². The lowest BCUT2D eigenvalue weighted by atomic mass is 9.83. The number of carbonyl (C=O) groups excluding carboxylic acids is 2. The van der Waals surface area contributed by atoms with E-state index in [4.69, 9.17) is 9.15 Å². The van der Waals surface area contributed by atoms with E-state index in [2.05, 4.69) is 33.2 Å². The first-order valence-electron chi connectivity index (χ1n) is 16.0. The summed E-state index contributed by atoms with van der Waals surface area (Å²) in [4.78, 5) is 38.2. The molecule has 0 unspecified atom stereocenters. The second-order valence-corrected chi connectivity index (χ2v) is 12.6. The molecule has 0 bridgehead atoms. The average Bonchev–Trinajstić information content (AvgIpc) is 3.53. The Bertz CT molecular complexity index is 1430. The summed E-state index contributed by atoms with van der Waals surface area (Å²) in [5, 5.41) is 13.7. The molecule has 2 amide bonds. The van der Waals surface area contributed by atoms with Gasteiger partial charge in [0.2, 0.25) is 5.91 Å². The summed E-state index contributed by atoms with van der Waals surface area (Å²) in [7, 11) is 0. The fourth-order valence-corrected chi connectivity index (χ4v) is 6.62. The number of aromatic nitrogens is 2. The van der Waals surface area contributed by atoms with E-state index >= 15 is 0 Å². The standard InChI is InChI=1S/C34H43N5O5/c1-23-31-10-12-38(19-27(31)5-6-32(23)43-21-30-18-35-22-44-30)20-29(40)17-37-33(41)26-7-11-36-28(16-26)15-24-8-13-39(14-9-24)34(42)25-3-2-4-25/h5-7,11,16,18,22,24-25,29,40H,2-4,8-10,12-15,17,19-21H2,1H3,(H,37,41)/t29-/m0/s1. The number of aliphatic hydroxyl groups excluding tert-OH is 1. The van der Waals surface area contributed by atoms with Crippen LogP contribution in [0, 0.1) is 18.8 Å². The predicted molar refractivity (Wildman–Crippen MR) is 164 cm³/mol. The zero-order valence-corrected chi connectivity index (χ0v) is 25.5. The topological polar surface area (TPSA) is 121 Å². The molecule has 44 heavy (non-hydrogen) atoms. The molecule has 234 valence electrons. The molecule has 4 heterocycles. The Kier molecular flexibility index (Phi) is 9.57. The van der Waals surface area contributed by atoms with Gasteiger partial charge in [-0.05, 0) is 86.3 Å². The number of β-amino-alcohol motifs (C(OH)–C–C–N with tert-alkyl or cyclic N) is 1. The lowest BCUT2D eigenvalue weighted by molar-refractivity contribution is -0.139. The monoisotopic (exact) mass is 601 g/mol. The van der Waals surface area contributed by atoms with Crippen LogP contribution >= 0.6 is 0 Å². The molecule has 6 rings (SSSR count). The molecule has 2 fully saturated rings. The van der Waals surface area contributed by atoms with Crippen LogP contribution in [-0.4, -0.2) is 75.5 Å². The van der Waals surface area contributed by atoms with Crippen molar-refractivity contribution in [1.29, 1.82) is 0 Å². The van der Waals surface area contributed by atoms with Gasteiger partial charge < -0.3 is 24.5 Å². The lowest BCUT2D eigenvalue weighted by Crippen LogP contribution is -2.43. The molecule has 1 aromatic carbocycles. The van der Waals surface area contributed by atoms with Crippen molar-refractivity contribution in [3.8, 4) is 5.75 Å². The molecular formula is C34H43N5O5. The summed E-state index contributed by atoms with van der Waals surface area (Å²) in [6.07, 6.45) is 11.0. The number of amides is 2. The zero-order valence-electron chi connectivity index (χ0n) is 25.5. The van der Waals surface area contributed by atoms with Crippen molar-refractivity contribution < 1.29 is 23.8 Å². The number of hydrogen-bond acceptors (Lipinski definition) is 8.